The van der Waals surface area contributed by atoms with Gasteiger partial charge in [-0.3, -0.25) is 0 Å². The summed E-state index contributed by atoms with van der Waals surface area (Å²) in [5.74, 6) is 0. The molecule has 0 aliphatic heterocycles. The number of nitriles is 1. The molecule has 0 atom stereocenters. The molecule has 1 nitrogen and oxygen atoms in total. The van der Waals surface area contributed by atoms with Crippen LogP contribution in [0.1, 0.15) is 11.1 Å². The van der Waals surface area contributed by atoms with Crippen molar-refractivity contribution >= 4 is 40.2 Å². The Morgan fingerprint density at radius 1 is 0.586 bits per heavy atom. The second-order valence-corrected chi connectivity index (χ2v) is 10.3. The number of hydrogen-bond donors (Lipinski definition) is 0. The molecular weight excluding hydrogens is 437 g/mol. The van der Waals surface area contributed by atoms with Gasteiger partial charge in [0.1, 0.15) is 23.2 Å². The SMILES string of the molecule is Br.N#Cc1cccc(C[P+](c2ccccc2)(c2ccccc2)c2ccccc2)c1. The lowest BCUT2D eigenvalue weighted by Crippen LogP contribution is -2.32. The first kappa shape index (κ1) is 21.0. The highest BCUT2D eigenvalue weighted by Crippen LogP contribution is 2.58. The molecule has 0 aromatic heterocycles. The summed E-state index contributed by atoms with van der Waals surface area (Å²) in [4.78, 5) is 0. The van der Waals surface area contributed by atoms with E-state index in [2.05, 4.69) is 103 Å². The van der Waals surface area contributed by atoms with Gasteiger partial charge in [0.15, 0.2) is 0 Å². The third kappa shape index (κ3) is 4.33. The summed E-state index contributed by atoms with van der Waals surface area (Å²) in [6.07, 6.45) is 0.889. The lowest BCUT2D eigenvalue weighted by atomic mass is 10.2. The van der Waals surface area contributed by atoms with Crippen molar-refractivity contribution in [2.75, 3.05) is 0 Å². The normalized spacial score (nSPS) is 10.6. The highest BCUT2D eigenvalue weighted by molar-refractivity contribution is 8.93. The van der Waals surface area contributed by atoms with Crippen molar-refractivity contribution in [2.45, 2.75) is 6.16 Å². The number of benzene rings is 4. The predicted octanol–water partition coefficient (Wildman–Crippen LogP) is 5.63. The van der Waals surface area contributed by atoms with Gasteiger partial charge >= 0.3 is 0 Å². The van der Waals surface area contributed by atoms with Crippen LogP contribution in [-0.4, -0.2) is 0 Å². The first-order valence-corrected chi connectivity index (χ1v) is 11.3. The fraction of sp³-hybridized carbons (Fsp3) is 0.0385. The summed E-state index contributed by atoms with van der Waals surface area (Å²) in [5, 5.41) is 13.4. The van der Waals surface area contributed by atoms with Gasteiger partial charge in [-0.1, -0.05) is 66.7 Å². The standard InChI is InChI=1S/C26H21NP.BrH/c27-20-22-11-10-12-23(19-22)21-28(24-13-4-1-5-14-24,25-15-6-2-7-16-25)26-17-8-3-9-18-26;/h1-19H,21H2;1H/q+1;. The first-order chi connectivity index (χ1) is 13.8. The van der Waals surface area contributed by atoms with Crippen LogP contribution >= 0.6 is 24.2 Å². The minimum Gasteiger partial charge on any atom is -0.192 e. The number of hydrogen-bond acceptors (Lipinski definition) is 1. The topological polar surface area (TPSA) is 23.8 Å². The van der Waals surface area contributed by atoms with Crippen LogP contribution in [0.3, 0.4) is 0 Å². The average molecular weight is 459 g/mol. The van der Waals surface area contributed by atoms with Crippen LogP contribution in [0, 0.1) is 11.3 Å². The van der Waals surface area contributed by atoms with Gasteiger partial charge in [-0.2, -0.15) is 5.26 Å². The highest BCUT2D eigenvalue weighted by atomic mass is 79.9. The van der Waals surface area contributed by atoms with Crippen molar-refractivity contribution in [3.8, 4) is 6.07 Å². The van der Waals surface area contributed by atoms with E-state index in [9.17, 15) is 5.26 Å². The Balaban J connectivity index is 0.00000240. The molecule has 4 aromatic carbocycles. The summed E-state index contributed by atoms with van der Waals surface area (Å²) in [6, 6.07) is 42.8. The smallest absolute Gasteiger partial charge is 0.116 e. The Hall–Kier alpha value is -2.72. The molecule has 0 bridgehead atoms. The van der Waals surface area contributed by atoms with Gasteiger partial charge in [0, 0.05) is 0 Å². The van der Waals surface area contributed by atoms with E-state index in [4.69, 9.17) is 0 Å². The van der Waals surface area contributed by atoms with Crippen LogP contribution in [0.5, 0.6) is 0 Å². The Morgan fingerprint density at radius 2 is 1.03 bits per heavy atom. The summed E-state index contributed by atoms with van der Waals surface area (Å²) >= 11 is 0. The fourth-order valence-electron chi connectivity index (χ4n) is 3.78. The molecule has 4 aromatic rings. The summed E-state index contributed by atoms with van der Waals surface area (Å²) in [5.41, 5.74) is 1.91. The quantitative estimate of drug-likeness (QED) is 0.355. The molecule has 29 heavy (non-hydrogen) atoms. The molecule has 4 rings (SSSR count). The molecule has 0 N–H and O–H groups in total. The maximum absolute atomic E-state index is 9.37. The predicted molar refractivity (Wildman–Crippen MR) is 130 cm³/mol. The second kappa shape index (κ2) is 9.66. The van der Waals surface area contributed by atoms with Gasteiger partial charge in [-0.25, -0.2) is 0 Å². The molecular formula is C26H22BrNP+. The van der Waals surface area contributed by atoms with Gasteiger partial charge in [0.25, 0.3) is 0 Å². The zero-order valence-corrected chi connectivity index (χ0v) is 18.6. The molecule has 0 radical (unpaired) electrons. The number of rotatable bonds is 5. The largest absolute Gasteiger partial charge is 0.192 e. The van der Waals surface area contributed by atoms with E-state index in [1.807, 2.05) is 18.2 Å². The van der Waals surface area contributed by atoms with Crippen molar-refractivity contribution < 1.29 is 0 Å². The van der Waals surface area contributed by atoms with Gasteiger partial charge < -0.3 is 0 Å². The Bertz CT molecular complexity index is 993. The maximum atomic E-state index is 9.37. The first-order valence-electron chi connectivity index (χ1n) is 9.37. The van der Waals surface area contributed by atoms with Crippen molar-refractivity contribution in [1.82, 2.24) is 0 Å². The van der Waals surface area contributed by atoms with E-state index in [0.717, 1.165) is 6.16 Å². The van der Waals surface area contributed by atoms with Gasteiger partial charge in [-0.05, 0) is 54.1 Å². The number of halogens is 1. The van der Waals surface area contributed by atoms with E-state index in [-0.39, 0.29) is 17.0 Å². The second-order valence-electron chi connectivity index (χ2n) is 6.79. The Labute approximate surface area is 183 Å². The number of nitrogens with zero attached hydrogens (tertiary/aromatic N) is 1. The lowest BCUT2D eigenvalue weighted by molar-refractivity contribution is 1.36. The molecule has 0 unspecified atom stereocenters. The Kier molecular flexibility index (Phi) is 6.99. The van der Waals surface area contributed by atoms with E-state index in [1.54, 1.807) is 0 Å². The molecule has 0 spiro atoms. The molecule has 0 aliphatic carbocycles. The van der Waals surface area contributed by atoms with E-state index in [0.29, 0.717) is 5.56 Å². The van der Waals surface area contributed by atoms with E-state index in [1.165, 1.54) is 21.5 Å². The molecule has 3 heteroatoms. The van der Waals surface area contributed by atoms with Crippen LogP contribution in [-0.2, 0) is 6.16 Å². The van der Waals surface area contributed by atoms with Crippen molar-refractivity contribution in [3.05, 3.63) is 126 Å². The van der Waals surface area contributed by atoms with Crippen LogP contribution in [0.15, 0.2) is 115 Å². The molecule has 0 saturated heterocycles. The summed E-state index contributed by atoms with van der Waals surface area (Å²) in [7, 11) is -1.91. The molecule has 0 amide bonds. The van der Waals surface area contributed by atoms with Crippen LogP contribution in [0.25, 0.3) is 0 Å². The third-order valence-electron chi connectivity index (χ3n) is 5.07. The monoisotopic (exact) mass is 458 g/mol. The molecule has 0 heterocycles. The van der Waals surface area contributed by atoms with E-state index >= 15 is 0 Å². The van der Waals surface area contributed by atoms with Crippen LogP contribution in [0.4, 0.5) is 0 Å². The molecule has 142 valence electrons. The Morgan fingerprint density at radius 3 is 1.45 bits per heavy atom. The van der Waals surface area contributed by atoms with Gasteiger partial charge in [0.2, 0.25) is 0 Å². The molecule has 0 fully saturated rings. The average Bonchev–Trinajstić information content (AvgIpc) is 2.79. The van der Waals surface area contributed by atoms with Gasteiger partial charge in [0.05, 0.1) is 17.8 Å². The van der Waals surface area contributed by atoms with Crippen molar-refractivity contribution in [3.63, 3.8) is 0 Å². The minimum absolute atomic E-state index is 0. The summed E-state index contributed by atoms with van der Waals surface area (Å²) < 4.78 is 0. The zero-order chi connectivity index (χ0) is 19.2. The maximum Gasteiger partial charge on any atom is 0.116 e. The molecule has 0 aliphatic rings. The molecule has 0 saturated carbocycles. The van der Waals surface area contributed by atoms with Crippen molar-refractivity contribution in [1.29, 1.82) is 5.26 Å². The van der Waals surface area contributed by atoms with Gasteiger partial charge in [-0.15, -0.1) is 17.0 Å². The highest BCUT2D eigenvalue weighted by Gasteiger charge is 2.45. The minimum atomic E-state index is -1.91. The summed E-state index contributed by atoms with van der Waals surface area (Å²) in [6.45, 7) is 0. The lowest BCUT2D eigenvalue weighted by Gasteiger charge is -2.27. The zero-order valence-electron chi connectivity index (χ0n) is 16.0. The third-order valence-corrected chi connectivity index (χ3v) is 9.45. The van der Waals surface area contributed by atoms with Crippen molar-refractivity contribution in [2.24, 2.45) is 0 Å². The fourth-order valence-corrected chi connectivity index (χ4v) is 8.01. The van der Waals surface area contributed by atoms with E-state index < -0.39 is 7.26 Å². The van der Waals surface area contributed by atoms with Crippen LogP contribution < -0.4 is 15.9 Å². The van der Waals surface area contributed by atoms with Crippen LogP contribution in [0.2, 0.25) is 0 Å².